The maximum absolute atomic E-state index is 12.1. The Hall–Kier alpha value is -2.63. The van der Waals surface area contributed by atoms with E-state index in [9.17, 15) is 25.3 Å². The molecule has 16 heteroatoms. The van der Waals surface area contributed by atoms with Gasteiger partial charge in [-0.15, -0.1) is 5.11 Å². The number of benzene rings is 2. The molecule has 0 unspecified atom stereocenters. The highest BCUT2D eigenvalue weighted by Gasteiger charge is 2.18. The molecule has 0 aliphatic carbocycles. The van der Waals surface area contributed by atoms with E-state index in [2.05, 4.69) is 14.4 Å². The van der Waals surface area contributed by atoms with Crippen LogP contribution in [-0.2, 0) is 34.5 Å². The van der Waals surface area contributed by atoms with Crippen molar-refractivity contribution >= 4 is 53.1 Å². The predicted octanol–water partition coefficient (Wildman–Crippen LogP) is 1.11. The van der Waals surface area contributed by atoms with Gasteiger partial charge in [-0.1, -0.05) is 0 Å². The van der Waals surface area contributed by atoms with Gasteiger partial charge >= 0.3 is 10.4 Å². The molecular weight excluding hydrogens is 464 g/mol. The molecule has 0 saturated heterocycles. The lowest BCUT2D eigenvalue weighted by molar-refractivity contribution is 0.284. The van der Waals surface area contributed by atoms with Crippen molar-refractivity contribution < 1.29 is 38.5 Å². The lowest BCUT2D eigenvalue weighted by Gasteiger charge is -2.06. The normalized spacial score (nSPS) is 13.0. The molecule has 0 aliphatic heterocycles. The number of anilines is 2. The molecule has 0 saturated carbocycles. The zero-order valence-corrected chi connectivity index (χ0v) is 17.4. The Balaban J connectivity index is 2.21. The third kappa shape index (κ3) is 6.44. The summed E-state index contributed by atoms with van der Waals surface area (Å²) >= 11 is 0. The second-order valence-corrected chi connectivity index (χ2v) is 10.3. The van der Waals surface area contributed by atoms with Crippen molar-refractivity contribution in [1.29, 1.82) is 0 Å². The van der Waals surface area contributed by atoms with Crippen molar-refractivity contribution in [3.63, 3.8) is 0 Å². The summed E-state index contributed by atoms with van der Waals surface area (Å²) in [6.45, 7) is -0.769. The van der Waals surface area contributed by atoms with E-state index in [4.69, 9.17) is 20.6 Å². The van der Waals surface area contributed by atoms with Gasteiger partial charge < -0.3 is 11.5 Å². The average Bonchev–Trinajstić information content (AvgIpc) is 2.59. The molecular formula is C14H16N4O9S3. The van der Waals surface area contributed by atoms with Gasteiger partial charge in [-0.05, 0) is 36.4 Å². The Kier molecular flexibility index (Phi) is 6.80. The van der Waals surface area contributed by atoms with Crippen LogP contribution in [0.5, 0.6) is 0 Å². The molecule has 13 nitrogen and oxygen atoms in total. The molecule has 0 atom stereocenters. The van der Waals surface area contributed by atoms with Crippen LogP contribution >= 0.6 is 0 Å². The van der Waals surface area contributed by atoms with E-state index < -0.39 is 47.6 Å². The number of rotatable bonds is 8. The zero-order chi connectivity index (χ0) is 22.7. The van der Waals surface area contributed by atoms with Crippen LogP contribution in [0, 0.1) is 0 Å². The predicted molar refractivity (Wildman–Crippen MR) is 105 cm³/mol. The fourth-order valence-electron chi connectivity index (χ4n) is 2.11. The van der Waals surface area contributed by atoms with Gasteiger partial charge in [0.1, 0.15) is 10.6 Å². The molecule has 0 aliphatic rings. The first-order valence-electron chi connectivity index (χ1n) is 7.72. The number of azo groups is 1. The average molecular weight is 481 g/mol. The summed E-state index contributed by atoms with van der Waals surface area (Å²) in [6.07, 6.45) is 0. The van der Waals surface area contributed by atoms with E-state index >= 15 is 0 Å². The van der Waals surface area contributed by atoms with E-state index in [0.717, 1.165) is 12.1 Å². The van der Waals surface area contributed by atoms with Gasteiger partial charge in [-0.3, -0.25) is 9.11 Å². The fourth-order valence-corrected chi connectivity index (χ4v) is 4.22. The highest BCUT2D eigenvalue weighted by Crippen LogP contribution is 2.32. The van der Waals surface area contributed by atoms with Crippen molar-refractivity contribution in [2.45, 2.75) is 9.79 Å². The largest absolute Gasteiger partial charge is 0.398 e. The molecule has 164 valence electrons. The van der Waals surface area contributed by atoms with E-state index in [0.29, 0.717) is 0 Å². The lowest BCUT2D eigenvalue weighted by atomic mass is 10.2. The van der Waals surface area contributed by atoms with Crippen LogP contribution in [0.2, 0.25) is 0 Å². The van der Waals surface area contributed by atoms with Crippen molar-refractivity contribution in [2.75, 3.05) is 23.8 Å². The molecule has 2 aromatic rings. The van der Waals surface area contributed by atoms with Crippen LogP contribution in [0.1, 0.15) is 0 Å². The first-order chi connectivity index (χ1) is 13.7. The third-order valence-electron chi connectivity index (χ3n) is 3.49. The molecule has 0 amide bonds. The number of sulfone groups is 1. The van der Waals surface area contributed by atoms with Crippen LogP contribution in [0.25, 0.3) is 0 Å². The van der Waals surface area contributed by atoms with Gasteiger partial charge in [0.25, 0.3) is 10.1 Å². The van der Waals surface area contributed by atoms with Gasteiger partial charge in [0, 0.05) is 0 Å². The lowest BCUT2D eigenvalue weighted by Crippen LogP contribution is -2.15. The summed E-state index contributed by atoms with van der Waals surface area (Å²) in [5.41, 5.74) is 11.0. The molecule has 0 fully saturated rings. The molecule has 2 aromatic carbocycles. The fraction of sp³-hybridized carbons (Fsp3) is 0.143. The van der Waals surface area contributed by atoms with Crippen molar-refractivity contribution in [2.24, 2.45) is 10.2 Å². The quantitative estimate of drug-likeness (QED) is 0.237. The molecule has 0 bridgehead atoms. The minimum atomic E-state index is -4.75. The molecule has 30 heavy (non-hydrogen) atoms. The van der Waals surface area contributed by atoms with Crippen LogP contribution < -0.4 is 11.5 Å². The van der Waals surface area contributed by atoms with Crippen LogP contribution in [0.15, 0.2) is 56.4 Å². The summed E-state index contributed by atoms with van der Waals surface area (Å²) in [4.78, 5) is -0.764. The Morgan fingerprint density at radius 1 is 0.867 bits per heavy atom. The summed E-state index contributed by atoms with van der Waals surface area (Å²) in [7, 11) is -13.3. The number of nitrogens with two attached hydrogens (primary N) is 2. The van der Waals surface area contributed by atoms with E-state index in [1.54, 1.807) is 0 Å². The first-order valence-corrected chi connectivity index (χ1v) is 12.2. The third-order valence-corrected chi connectivity index (χ3v) is 6.56. The smallest absolute Gasteiger partial charge is 0.397 e. The maximum Gasteiger partial charge on any atom is 0.397 e. The zero-order valence-electron chi connectivity index (χ0n) is 14.9. The van der Waals surface area contributed by atoms with Gasteiger partial charge in [-0.25, -0.2) is 12.6 Å². The van der Waals surface area contributed by atoms with E-state index in [1.165, 1.54) is 24.3 Å². The second kappa shape index (κ2) is 8.62. The monoisotopic (exact) mass is 480 g/mol. The standard InChI is InChI=1S/C14H16N4O9S3/c15-11-7-12(16)14(29(21,22)23)8-13(11)18-17-9-1-3-10(4-2-9)28(19,20)6-5-27-30(24,25)26/h1-4,7-8H,5-6,15-16H2,(H,21,22,23)(H,24,25,26)/b18-17+. The van der Waals surface area contributed by atoms with E-state index in [-0.39, 0.29) is 27.6 Å². The minimum Gasteiger partial charge on any atom is -0.398 e. The van der Waals surface area contributed by atoms with Crippen LogP contribution in [0.3, 0.4) is 0 Å². The summed E-state index contributed by atoms with van der Waals surface area (Å²) in [5.74, 6) is -0.700. The molecule has 0 radical (unpaired) electrons. The van der Waals surface area contributed by atoms with Gasteiger partial charge in [0.2, 0.25) is 0 Å². The Morgan fingerprint density at radius 3 is 2.00 bits per heavy atom. The first kappa shape index (κ1) is 23.6. The number of hydrogen-bond acceptors (Lipinski definition) is 11. The van der Waals surface area contributed by atoms with Crippen LogP contribution in [0.4, 0.5) is 22.7 Å². The maximum atomic E-state index is 12.1. The van der Waals surface area contributed by atoms with Gasteiger partial charge in [-0.2, -0.15) is 21.9 Å². The topological polar surface area (TPSA) is 229 Å². The SMILES string of the molecule is Nc1cc(N)c(S(=O)(=O)O)cc1/N=N/c1ccc(S(=O)(=O)CCOS(=O)(=O)O)cc1. The summed E-state index contributed by atoms with van der Waals surface area (Å²) < 4.78 is 89.3. The molecule has 0 spiro atoms. The van der Waals surface area contributed by atoms with Crippen molar-refractivity contribution in [3.8, 4) is 0 Å². The van der Waals surface area contributed by atoms with Crippen molar-refractivity contribution in [1.82, 2.24) is 0 Å². The van der Waals surface area contributed by atoms with Crippen molar-refractivity contribution in [3.05, 3.63) is 36.4 Å². The highest BCUT2D eigenvalue weighted by atomic mass is 32.3. The number of hydrogen-bond donors (Lipinski definition) is 4. The van der Waals surface area contributed by atoms with E-state index in [1.807, 2.05) is 0 Å². The Bertz CT molecular complexity index is 1290. The van der Waals surface area contributed by atoms with Crippen LogP contribution in [-0.4, -0.2) is 46.7 Å². The van der Waals surface area contributed by atoms with Gasteiger partial charge in [0.05, 0.1) is 34.3 Å². The minimum absolute atomic E-state index is 0.0123. The molecule has 0 heterocycles. The second-order valence-electron chi connectivity index (χ2n) is 5.69. The number of nitrogens with zero attached hydrogens (tertiary/aromatic N) is 2. The number of nitrogen functional groups attached to an aromatic ring is 2. The molecule has 6 N–H and O–H groups in total. The highest BCUT2D eigenvalue weighted by molar-refractivity contribution is 7.91. The summed E-state index contributed by atoms with van der Waals surface area (Å²) in [6, 6.07) is 6.91. The summed E-state index contributed by atoms with van der Waals surface area (Å²) in [5, 5.41) is 7.57. The Labute approximate surface area is 172 Å². The molecule has 2 rings (SSSR count). The Morgan fingerprint density at radius 2 is 1.47 bits per heavy atom. The van der Waals surface area contributed by atoms with Gasteiger partial charge in [0.15, 0.2) is 9.84 Å². The molecule has 0 aromatic heterocycles.